The highest BCUT2D eigenvalue weighted by atomic mass is 16.5. The van der Waals surface area contributed by atoms with Crippen molar-refractivity contribution in [2.24, 2.45) is 5.92 Å². The number of ether oxygens (including phenoxy) is 2. The highest BCUT2D eigenvalue weighted by molar-refractivity contribution is 6.00. The van der Waals surface area contributed by atoms with E-state index >= 15 is 0 Å². The second-order valence-corrected chi connectivity index (χ2v) is 9.37. The van der Waals surface area contributed by atoms with E-state index < -0.39 is 0 Å². The summed E-state index contributed by atoms with van der Waals surface area (Å²) in [6.45, 7) is 8.71. The zero-order valence-electron chi connectivity index (χ0n) is 21.8. The smallest absolute Gasteiger partial charge is 0.228 e. The zero-order chi connectivity index (χ0) is 26.5. The van der Waals surface area contributed by atoms with Crippen LogP contribution in [-0.4, -0.2) is 87.8 Å². The van der Waals surface area contributed by atoms with Crippen LogP contribution in [0.25, 0.3) is 5.69 Å². The summed E-state index contributed by atoms with van der Waals surface area (Å²) in [5, 5.41) is 12.2. The second kappa shape index (κ2) is 11.6. The van der Waals surface area contributed by atoms with Gasteiger partial charge in [0.2, 0.25) is 11.8 Å². The molecule has 2 aliphatic rings. The highest BCUT2D eigenvalue weighted by Crippen LogP contribution is 2.28. The lowest BCUT2D eigenvalue weighted by atomic mass is 10.1. The standard InChI is InChI=1S/C27H33N7O4/c1-3-37-23-9-5-21(6-10-23)33-18-20(17-26(33)35)27(36)32-15-13-31(14-16-32)19-25-28-29-30-34(25)22-7-11-24(12-8-22)38-4-2/h5-12,20H,3-4,13-19H2,1-2H3. The summed E-state index contributed by atoms with van der Waals surface area (Å²) in [5.41, 5.74) is 1.66. The van der Waals surface area contributed by atoms with Gasteiger partial charge in [0.1, 0.15) is 11.5 Å². The molecule has 0 spiro atoms. The highest BCUT2D eigenvalue weighted by Gasteiger charge is 2.38. The van der Waals surface area contributed by atoms with Gasteiger partial charge in [-0.3, -0.25) is 14.5 Å². The molecule has 1 aromatic heterocycles. The number of benzene rings is 2. The van der Waals surface area contributed by atoms with Gasteiger partial charge in [-0.2, -0.15) is 4.68 Å². The molecule has 0 aliphatic carbocycles. The van der Waals surface area contributed by atoms with E-state index in [2.05, 4.69) is 20.4 Å². The zero-order valence-corrected chi connectivity index (χ0v) is 21.8. The number of hydrogen-bond donors (Lipinski definition) is 0. The maximum Gasteiger partial charge on any atom is 0.228 e. The first-order valence-electron chi connectivity index (χ1n) is 13.1. The van der Waals surface area contributed by atoms with E-state index in [4.69, 9.17) is 9.47 Å². The largest absolute Gasteiger partial charge is 0.494 e. The van der Waals surface area contributed by atoms with Crippen LogP contribution < -0.4 is 14.4 Å². The van der Waals surface area contributed by atoms with Crippen molar-refractivity contribution >= 4 is 17.5 Å². The van der Waals surface area contributed by atoms with Gasteiger partial charge in [-0.15, -0.1) is 5.10 Å². The van der Waals surface area contributed by atoms with E-state index in [1.54, 1.807) is 9.58 Å². The van der Waals surface area contributed by atoms with Crippen molar-refractivity contribution in [1.82, 2.24) is 30.0 Å². The Morgan fingerprint density at radius 2 is 1.50 bits per heavy atom. The fraction of sp³-hybridized carbons (Fsp3) is 0.444. The molecule has 2 amide bonds. The number of hydrogen-bond acceptors (Lipinski definition) is 8. The molecule has 11 heteroatoms. The number of piperazine rings is 1. The molecule has 2 aromatic carbocycles. The molecule has 3 aromatic rings. The van der Waals surface area contributed by atoms with E-state index in [0.29, 0.717) is 52.5 Å². The molecule has 0 bridgehead atoms. The van der Waals surface area contributed by atoms with Crippen molar-refractivity contribution in [3.63, 3.8) is 0 Å². The Morgan fingerprint density at radius 1 is 0.895 bits per heavy atom. The molecule has 0 N–H and O–H groups in total. The minimum Gasteiger partial charge on any atom is -0.494 e. The van der Waals surface area contributed by atoms with Crippen LogP contribution >= 0.6 is 0 Å². The molecule has 5 rings (SSSR count). The minimum atomic E-state index is -0.326. The molecular formula is C27H33N7O4. The number of aromatic nitrogens is 4. The first-order chi connectivity index (χ1) is 18.6. The first kappa shape index (κ1) is 25.7. The second-order valence-electron chi connectivity index (χ2n) is 9.37. The number of carbonyl (C=O) groups excluding carboxylic acids is 2. The maximum atomic E-state index is 13.3. The molecule has 3 heterocycles. The molecular weight excluding hydrogens is 486 g/mol. The van der Waals surface area contributed by atoms with Crippen molar-refractivity contribution in [1.29, 1.82) is 0 Å². The third-order valence-corrected chi connectivity index (χ3v) is 6.91. The summed E-state index contributed by atoms with van der Waals surface area (Å²) in [4.78, 5) is 31.8. The van der Waals surface area contributed by atoms with Gasteiger partial charge in [0.15, 0.2) is 5.82 Å². The fourth-order valence-electron chi connectivity index (χ4n) is 4.95. The third kappa shape index (κ3) is 5.62. The molecule has 2 saturated heterocycles. The summed E-state index contributed by atoms with van der Waals surface area (Å²) < 4.78 is 12.7. The van der Waals surface area contributed by atoms with Crippen LogP contribution in [0.4, 0.5) is 5.69 Å². The van der Waals surface area contributed by atoms with Gasteiger partial charge in [-0.1, -0.05) is 0 Å². The molecule has 2 fully saturated rings. The first-order valence-corrected chi connectivity index (χ1v) is 13.1. The third-order valence-electron chi connectivity index (χ3n) is 6.91. The van der Waals surface area contributed by atoms with Crippen LogP contribution in [0.2, 0.25) is 0 Å². The average molecular weight is 520 g/mol. The number of rotatable bonds is 9. The molecule has 2 aliphatic heterocycles. The Balaban J connectivity index is 1.14. The average Bonchev–Trinajstić information content (AvgIpc) is 3.56. The van der Waals surface area contributed by atoms with Crippen molar-refractivity contribution in [3.8, 4) is 17.2 Å². The van der Waals surface area contributed by atoms with E-state index in [0.717, 1.165) is 28.7 Å². The lowest BCUT2D eigenvalue weighted by Gasteiger charge is -2.35. The topological polar surface area (TPSA) is 106 Å². The number of anilines is 1. The Kier molecular flexibility index (Phi) is 7.83. The molecule has 11 nitrogen and oxygen atoms in total. The van der Waals surface area contributed by atoms with E-state index in [-0.39, 0.29) is 24.2 Å². The summed E-state index contributed by atoms with van der Waals surface area (Å²) in [6, 6.07) is 15.1. The number of tetrazole rings is 1. The van der Waals surface area contributed by atoms with E-state index in [1.807, 2.05) is 67.3 Å². The predicted molar refractivity (Wildman–Crippen MR) is 140 cm³/mol. The van der Waals surface area contributed by atoms with Gasteiger partial charge in [0.05, 0.1) is 31.4 Å². The quantitative estimate of drug-likeness (QED) is 0.424. The molecule has 0 radical (unpaired) electrons. The minimum absolute atomic E-state index is 0.0210. The molecule has 38 heavy (non-hydrogen) atoms. The monoisotopic (exact) mass is 519 g/mol. The summed E-state index contributed by atoms with van der Waals surface area (Å²) >= 11 is 0. The maximum absolute atomic E-state index is 13.3. The van der Waals surface area contributed by atoms with Crippen LogP contribution in [0.15, 0.2) is 48.5 Å². The lowest BCUT2D eigenvalue weighted by molar-refractivity contribution is -0.137. The van der Waals surface area contributed by atoms with Gasteiger partial charge in [-0.05, 0) is 72.8 Å². The van der Waals surface area contributed by atoms with Gasteiger partial charge < -0.3 is 19.3 Å². The predicted octanol–water partition coefficient (Wildman–Crippen LogP) is 2.16. The normalized spacial score (nSPS) is 18.2. The molecule has 0 saturated carbocycles. The number of amides is 2. The Bertz CT molecular complexity index is 1240. The van der Waals surface area contributed by atoms with Crippen molar-refractivity contribution in [2.75, 3.05) is 50.8 Å². The van der Waals surface area contributed by atoms with E-state index in [1.165, 1.54) is 0 Å². The fourth-order valence-corrected chi connectivity index (χ4v) is 4.95. The Morgan fingerprint density at radius 3 is 2.11 bits per heavy atom. The van der Waals surface area contributed by atoms with Crippen LogP contribution in [0.1, 0.15) is 26.1 Å². The van der Waals surface area contributed by atoms with Gasteiger partial charge >= 0.3 is 0 Å². The van der Waals surface area contributed by atoms with Crippen LogP contribution in [-0.2, 0) is 16.1 Å². The van der Waals surface area contributed by atoms with Gasteiger partial charge in [0, 0.05) is 44.8 Å². The number of carbonyl (C=O) groups is 2. The molecule has 1 atom stereocenters. The summed E-state index contributed by atoms with van der Waals surface area (Å²) in [7, 11) is 0. The summed E-state index contributed by atoms with van der Waals surface area (Å²) in [6.07, 6.45) is 0.239. The van der Waals surface area contributed by atoms with Gasteiger partial charge in [-0.25, -0.2) is 0 Å². The SMILES string of the molecule is CCOc1ccc(N2CC(C(=O)N3CCN(Cc4nnnn4-c4ccc(OCC)cc4)CC3)CC2=O)cc1. The van der Waals surface area contributed by atoms with Crippen molar-refractivity contribution < 1.29 is 19.1 Å². The molecule has 1 unspecified atom stereocenters. The lowest BCUT2D eigenvalue weighted by Crippen LogP contribution is -2.50. The molecule has 200 valence electrons. The van der Waals surface area contributed by atoms with E-state index in [9.17, 15) is 9.59 Å². The summed E-state index contributed by atoms with van der Waals surface area (Å²) in [5.74, 6) is 2.01. The van der Waals surface area contributed by atoms with Gasteiger partial charge in [0.25, 0.3) is 0 Å². The Labute approximate surface area is 221 Å². The Hall–Kier alpha value is -3.99. The van der Waals surface area contributed by atoms with Crippen LogP contribution in [0.5, 0.6) is 11.5 Å². The van der Waals surface area contributed by atoms with Crippen molar-refractivity contribution in [3.05, 3.63) is 54.4 Å². The van der Waals surface area contributed by atoms with Crippen molar-refractivity contribution in [2.45, 2.75) is 26.8 Å². The number of nitrogens with zero attached hydrogens (tertiary/aromatic N) is 7. The van der Waals surface area contributed by atoms with Crippen LogP contribution in [0, 0.1) is 5.92 Å². The van der Waals surface area contributed by atoms with Crippen LogP contribution in [0.3, 0.4) is 0 Å².